The highest BCUT2D eigenvalue weighted by Gasteiger charge is 2.21. The number of hydrogen-bond donors (Lipinski definition) is 1. The van der Waals surface area contributed by atoms with Gasteiger partial charge in [-0.25, -0.2) is 4.39 Å². The van der Waals surface area contributed by atoms with E-state index < -0.39 is 5.82 Å². The molecule has 0 unspecified atom stereocenters. The van der Waals surface area contributed by atoms with E-state index in [1.54, 1.807) is 0 Å². The summed E-state index contributed by atoms with van der Waals surface area (Å²) in [7, 11) is 0. The van der Waals surface area contributed by atoms with Gasteiger partial charge in [-0.2, -0.15) is 0 Å². The van der Waals surface area contributed by atoms with Crippen LogP contribution in [0.1, 0.15) is 15.9 Å². The topological polar surface area (TPSA) is 46.2 Å². The molecule has 0 fully saturated rings. The number of benzene rings is 1. The highest BCUT2D eigenvalue weighted by molar-refractivity contribution is 6.04. The van der Waals surface area contributed by atoms with Crippen LogP contribution in [0.3, 0.4) is 0 Å². The minimum atomic E-state index is -0.489. The van der Waals surface area contributed by atoms with Crippen molar-refractivity contribution in [3.63, 3.8) is 0 Å². The molecule has 1 heterocycles. The third-order valence-electron chi connectivity index (χ3n) is 1.96. The van der Waals surface area contributed by atoms with Gasteiger partial charge in [-0.15, -0.1) is 0 Å². The van der Waals surface area contributed by atoms with Gasteiger partial charge >= 0.3 is 0 Å². The van der Waals surface area contributed by atoms with Gasteiger partial charge in [0, 0.05) is 5.56 Å². The van der Waals surface area contributed by atoms with E-state index in [1.807, 2.05) is 0 Å². The van der Waals surface area contributed by atoms with Crippen LogP contribution in [0.25, 0.3) is 0 Å². The number of amides is 1. The van der Waals surface area contributed by atoms with Crippen LogP contribution in [0.5, 0.6) is 0 Å². The van der Waals surface area contributed by atoms with Gasteiger partial charge in [0.1, 0.15) is 5.82 Å². The van der Waals surface area contributed by atoms with E-state index >= 15 is 0 Å². The third kappa shape index (κ3) is 1.20. The molecule has 1 aliphatic heterocycles. The fourth-order valence-electron chi connectivity index (χ4n) is 1.43. The lowest BCUT2D eigenvalue weighted by Gasteiger charge is -2.01. The number of fused-ring (bicyclic) bond motifs is 1. The number of anilines is 1. The molecule has 0 spiro atoms. The molecule has 1 amide bonds. The van der Waals surface area contributed by atoms with E-state index in [9.17, 15) is 14.0 Å². The molecule has 2 rings (SSSR count). The largest absolute Gasteiger partial charge is 0.325 e. The molecule has 66 valence electrons. The van der Waals surface area contributed by atoms with E-state index in [2.05, 4.69) is 5.32 Å². The van der Waals surface area contributed by atoms with Crippen LogP contribution in [0.15, 0.2) is 12.1 Å². The number of carbonyl (C=O) groups is 2. The molecule has 0 aromatic heterocycles. The minimum absolute atomic E-state index is 0.147. The van der Waals surface area contributed by atoms with E-state index in [-0.39, 0.29) is 17.9 Å². The Hall–Kier alpha value is -1.71. The highest BCUT2D eigenvalue weighted by atomic mass is 19.1. The standard InChI is InChI=1S/C9H6FNO2/c10-7-1-5-3-8(13)11-9(5)6(2-7)4-12/h1-2,4H,3H2,(H,11,13). The van der Waals surface area contributed by atoms with Crippen LogP contribution in [0.2, 0.25) is 0 Å². The smallest absolute Gasteiger partial charge is 0.228 e. The van der Waals surface area contributed by atoms with Gasteiger partial charge < -0.3 is 5.32 Å². The number of nitrogens with one attached hydrogen (secondary N) is 1. The average molecular weight is 179 g/mol. The van der Waals surface area contributed by atoms with Crippen molar-refractivity contribution >= 4 is 17.9 Å². The van der Waals surface area contributed by atoms with Crippen LogP contribution in [-0.2, 0) is 11.2 Å². The monoisotopic (exact) mass is 179 g/mol. The summed E-state index contributed by atoms with van der Waals surface area (Å²) in [5, 5.41) is 2.51. The van der Waals surface area contributed by atoms with E-state index in [4.69, 9.17) is 0 Å². The van der Waals surface area contributed by atoms with Gasteiger partial charge in [-0.1, -0.05) is 0 Å². The summed E-state index contributed by atoms with van der Waals surface area (Å²) in [4.78, 5) is 21.4. The summed E-state index contributed by atoms with van der Waals surface area (Å²) in [6, 6.07) is 2.37. The van der Waals surface area contributed by atoms with Crippen LogP contribution < -0.4 is 5.32 Å². The summed E-state index contributed by atoms with van der Waals surface area (Å²) >= 11 is 0. The molecule has 1 aliphatic rings. The number of hydrogen-bond acceptors (Lipinski definition) is 2. The lowest BCUT2D eigenvalue weighted by atomic mass is 10.1. The first-order valence-electron chi connectivity index (χ1n) is 3.78. The molecule has 1 aromatic carbocycles. The molecule has 0 saturated heterocycles. The van der Waals surface area contributed by atoms with Crippen molar-refractivity contribution in [1.82, 2.24) is 0 Å². The molecule has 1 N–H and O–H groups in total. The predicted molar refractivity (Wildman–Crippen MR) is 44.1 cm³/mol. The number of aldehydes is 1. The maximum absolute atomic E-state index is 12.8. The molecule has 0 radical (unpaired) electrons. The second kappa shape index (κ2) is 2.65. The highest BCUT2D eigenvalue weighted by Crippen LogP contribution is 2.27. The summed E-state index contributed by atoms with van der Waals surface area (Å²) < 4.78 is 12.8. The second-order valence-electron chi connectivity index (χ2n) is 2.87. The quantitative estimate of drug-likeness (QED) is 0.657. The molecule has 13 heavy (non-hydrogen) atoms. The predicted octanol–water partition coefficient (Wildman–Crippen LogP) is 1.13. The summed E-state index contributed by atoms with van der Waals surface area (Å²) in [6.45, 7) is 0. The minimum Gasteiger partial charge on any atom is -0.325 e. The Balaban J connectivity index is 2.62. The van der Waals surface area contributed by atoms with Gasteiger partial charge in [0.2, 0.25) is 5.91 Å². The van der Waals surface area contributed by atoms with Crippen LogP contribution in [0.4, 0.5) is 10.1 Å². The SMILES string of the molecule is O=Cc1cc(F)cc2c1NC(=O)C2. The molecule has 0 bridgehead atoms. The van der Waals surface area contributed by atoms with E-state index in [0.29, 0.717) is 17.5 Å². The fraction of sp³-hybridized carbons (Fsp3) is 0.111. The van der Waals surface area contributed by atoms with Gasteiger partial charge in [-0.05, 0) is 17.7 Å². The normalized spacial score (nSPS) is 13.8. The zero-order valence-corrected chi connectivity index (χ0v) is 6.63. The first-order chi connectivity index (χ1) is 6.20. The molecule has 0 aliphatic carbocycles. The van der Waals surface area contributed by atoms with Gasteiger partial charge in [0.25, 0.3) is 0 Å². The van der Waals surface area contributed by atoms with Gasteiger partial charge in [-0.3, -0.25) is 9.59 Å². The fourth-order valence-corrected chi connectivity index (χ4v) is 1.43. The maximum Gasteiger partial charge on any atom is 0.228 e. The van der Waals surface area contributed by atoms with Crippen molar-refractivity contribution in [2.75, 3.05) is 5.32 Å². The van der Waals surface area contributed by atoms with Crippen LogP contribution in [0, 0.1) is 5.82 Å². The van der Waals surface area contributed by atoms with E-state index in [0.717, 1.165) is 6.07 Å². The second-order valence-corrected chi connectivity index (χ2v) is 2.87. The first-order valence-corrected chi connectivity index (χ1v) is 3.78. The van der Waals surface area contributed by atoms with Crippen molar-refractivity contribution in [1.29, 1.82) is 0 Å². The zero-order chi connectivity index (χ0) is 9.42. The Morgan fingerprint density at radius 2 is 2.23 bits per heavy atom. The van der Waals surface area contributed by atoms with Crippen molar-refractivity contribution in [2.45, 2.75) is 6.42 Å². The Labute approximate surface area is 73.6 Å². The molecule has 0 atom stereocenters. The maximum atomic E-state index is 12.8. The molecular weight excluding hydrogens is 173 g/mol. The van der Waals surface area contributed by atoms with E-state index in [1.165, 1.54) is 6.07 Å². The molecule has 4 heteroatoms. The number of rotatable bonds is 1. The number of carbonyl (C=O) groups excluding carboxylic acids is 2. The lowest BCUT2D eigenvalue weighted by Crippen LogP contribution is -2.04. The average Bonchev–Trinajstić information content (AvgIpc) is 2.43. The Morgan fingerprint density at radius 1 is 1.46 bits per heavy atom. The van der Waals surface area contributed by atoms with Crippen molar-refractivity contribution in [2.24, 2.45) is 0 Å². The Morgan fingerprint density at radius 3 is 2.92 bits per heavy atom. The first kappa shape index (κ1) is 7.91. The van der Waals surface area contributed by atoms with Crippen LogP contribution >= 0.6 is 0 Å². The third-order valence-corrected chi connectivity index (χ3v) is 1.96. The summed E-state index contributed by atoms with van der Waals surface area (Å²) in [5.74, 6) is -0.693. The molecule has 1 aromatic rings. The molecule has 0 saturated carbocycles. The van der Waals surface area contributed by atoms with Crippen LogP contribution in [-0.4, -0.2) is 12.2 Å². The van der Waals surface area contributed by atoms with Gasteiger partial charge in [0.15, 0.2) is 6.29 Å². The lowest BCUT2D eigenvalue weighted by molar-refractivity contribution is -0.115. The molecule has 3 nitrogen and oxygen atoms in total. The Bertz CT molecular complexity index is 401. The van der Waals surface area contributed by atoms with Crippen molar-refractivity contribution < 1.29 is 14.0 Å². The Kier molecular flexibility index (Phi) is 1.62. The number of halogens is 1. The summed E-state index contributed by atoms with van der Waals surface area (Å²) in [6.07, 6.45) is 0.682. The van der Waals surface area contributed by atoms with Crippen molar-refractivity contribution in [3.8, 4) is 0 Å². The van der Waals surface area contributed by atoms with Gasteiger partial charge in [0.05, 0.1) is 12.1 Å². The summed E-state index contributed by atoms with van der Waals surface area (Å²) in [5.41, 5.74) is 1.19. The molecular formula is C9H6FNO2. The van der Waals surface area contributed by atoms with Crippen molar-refractivity contribution in [3.05, 3.63) is 29.1 Å². The zero-order valence-electron chi connectivity index (χ0n) is 6.63.